The summed E-state index contributed by atoms with van der Waals surface area (Å²) in [6, 6.07) is 17.2. The van der Waals surface area contributed by atoms with Crippen molar-refractivity contribution >= 4 is 11.6 Å². The highest BCUT2D eigenvalue weighted by Gasteiger charge is 2.26. The Labute approximate surface area is 187 Å². The fraction of sp³-hybridized carbons (Fsp3) is 0.333. The highest BCUT2D eigenvalue weighted by atomic mass is 35.5. The number of hydrogen-bond donors (Lipinski definition) is 0. The minimum atomic E-state index is -0.690. The number of halogens is 4. The predicted molar refractivity (Wildman–Crippen MR) is 121 cm³/mol. The van der Waals surface area contributed by atoms with Gasteiger partial charge in [0.05, 0.1) is 10.6 Å². The molecule has 0 radical (unpaired) electrons. The molecule has 3 aromatic rings. The Kier molecular flexibility index (Phi) is 6.71. The molecule has 4 rings (SSSR count). The van der Waals surface area contributed by atoms with Gasteiger partial charge in [-0.15, -0.1) is 0 Å². The number of rotatable bonds is 5. The first-order valence-electron chi connectivity index (χ1n) is 10.9. The van der Waals surface area contributed by atoms with E-state index < -0.39 is 17.5 Å². The average molecular weight is 443 g/mol. The maximum absolute atomic E-state index is 14.8. The van der Waals surface area contributed by atoms with E-state index in [9.17, 15) is 13.2 Å². The summed E-state index contributed by atoms with van der Waals surface area (Å²) in [5.41, 5.74) is 2.01. The van der Waals surface area contributed by atoms with Gasteiger partial charge in [-0.25, -0.2) is 13.2 Å². The molecule has 0 nitrogen and oxygen atoms in total. The molecule has 0 N–H and O–H groups in total. The van der Waals surface area contributed by atoms with Crippen LogP contribution in [0.15, 0.2) is 60.7 Å². The predicted octanol–water partition coefficient (Wildman–Crippen LogP) is 8.89. The van der Waals surface area contributed by atoms with Crippen molar-refractivity contribution in [1.82, 2.24) is 0 Å². The second-order valence-corrected chi connectivity index (χ2v) is 9.16. The Balaban J connectivity index is 1.43. The first-order chi connectivity index (χ1) is 14.9. The first-order valence-corrected chi connectivity index (χ1v) is 11.3. The number of hydrogen-bond acceptors (Lipinski definition) is 0. The molecule has 3 aromatic carbocycles. The van der Waals surface area contributed by atoms with Gasteiger partial charge in [0, 0.05) is 0 Å². The molecule has 0 spiro atoms. The fourth-order valence-electron chi connectivity index (χ4n) is 4.90. The van der Waals surface area contributed by atoms with Crippen LogP contribution < -0.4 is 0 Å². The Hall–Kier alpha value is -2.26. The molecule has 1 aliphatic rings. The standard InChI is InChI=1S/C27H26ClF3/c1-17(19-5-3-2-4-6-19)13-18-7-9-20(10-8-18)22-15-25(30)27(26(31)16-22)21-11-12-23(28)24(29)14-21/h2-6,11-12,14-18,20H,7-10,13H2,1H3/t17-,18?,20?/m1/s1. The molecule has 162 valence electrons. The molecule has 31 heavy (non-hydrogen) atoms. The molecule has 0 heterocycles. The Bertz CT molecular complexity index is 1020. The highest BCUT2D eigenvalue weighted by Crippen LogP contribution is 2.41. The van der Waals surface area contributed by atoms with Crippen LogP contribution in [0.2, 0.25) is 5.02 Å². The van der Waals surface area contributed by atoms with Gasteiger partial charge in [0.25, 0.3) is 0 Å². The second kappa shape index (κ2) is 9.48. The maximum Gasteiger partial charge on any atom is 0.142 e. The molecule has 0 amide bonds. The second-order valence-electron chi connectivity index (χ2n) is 8.75. The summed E-state index contributed by atoms with van der Waals surface area (Å²) in [7, 11) is 0. The van der Waals surface area contributed by atoms with Crippen LogP contribution in [0.1, 0.15) is 62.0 Å². The van der Waals surface area contributed by atoms with Crippen LogP contribution in [0.3, 0.4) is 0 Å². The molecular formula is C27H26ClF3. The van der Waals surface area contributed by atoms with Gasteiger partial charge >= 0.3 is 0 Å². The zero-order valence-electron chi connectivity index (χ0n) is 17.6. The quantitative estimate of drug-likeness (QED) is 0.370. The van der Waals surface area contributed by atoms with Crippen LogP contribution in [0, 0.1) is 23.4 Å². The van der Waals surface area contributed by atoms with Crippen molar-refractivity contribution in [3.63, 3.8) is 0 Å². The van der Waals surface area contributed by atoms with Gasteiger partial charge in [-0.3, -0.25) is 0 Å². The van der Waals surface area contributed by atoms with Crippen LogP contribution in [-0.4, -0.2) is 0 Å². The summed E-state index contributed by atoms with van der Waals surface area (Å²) < 4.78 is 43.4. The van der Waals surface area contributed by atoms with Crippen LogP contribution >= 0.6 is 11.6 Å². The summed E-state index contributed by atoms with van der Waals surface area (Å²) in [6.45, 7) is 2.27. The van der Waals surface area contributed by atoms with Crippen molar-refractivity contribution in [3.05, 3.63) is 94.3 Å². The van der Waals surface area contributed by atoms with E-state index >= 15 is 0 Å². The molecule has 0 unspecified atom stereocenters. The average Bonchev–Trinajstić information content (AvgIpc) is 2.77. The van der Waals surface area contributed by atoms with Gasteiger partial charge < -0.3 is 0 Å². The van der Waals surface area contributed by atoms with Gasteiger partial charge in [-0.1, -0.05) is 54.9 Å². The van der Waals surface area contributed by atoms with Crippen molar-refractivity contribution < 1.29 is 13.2 Å². The van der Waals surface area contributed by atoms with E-state index in [1.807, 2.05) is 6.07 Å². The highest BCUT2D eigenvalue weighted by molar-refractivity contribution is 6.30. The Morgan fingerprint density at radius 3 is 2.10 bits per heavy atom. The van der Waals surface area contributed by atoms with Crippen LogP contribution in [0.5, 0.6) is 0 Å². The summed E-state index contributed by atoms with van der Waals surface area (Å²) in [5, 5.41) is -0.0699. The number of benzene rings is 3. The normalized spacial score (nSPS) is 19.9. The third kappa shape index (κ3) is 4.98. The molecule has 0 bridgehead atoms. The van der Waals surface area contributed by atoms with Crippen LogP contribution in [0.4, 0.5) is 13.2 Å². The SMILES string of the molecule is C[C@H](CC1CCC(c2cc(F)c(-c3ccc(Cl)c(F)c3)c(F)c2)CC1)c1ccccc1. The summed E-state index contributed by atoms with van der Waals surface area (Å²) >= 11 is 5.69. The van der Waals surface area contributed by atoms with E-state index in [0.717, 1.165) is 38.2 Å². The molecule has 4 heteroatoms. The van der Waals surface area contributed by atoms with Crippen LogP contribution in [-0.2, 0) is 0 Å². The van der Waals surface area contributed by atoms with Gasteiger partial charge in [-0.05, 0) is 90.8 Å². The minimum absolute atomic E-state index is 0.0699. The Morgan fingerprint density at radius 2 is 1.48 bits per heavy atom. The Morgan fingerprint density at radius 1 is 0.839 bits per heavy atom. The lowest BCUT2D eigenvalue weighted by Gasteiger charge is -2.30. The van der Waals surface area contributed by atoms with Crippen LogP contribution in [0.25, 0.3) is 11.1 Å². The van der Waals surface area contributed by atoms with E-state index in [0.29, 0.717) is 17.4 Å². The van der Waals surface area contributed by atoms with Gasteiger partial charge in [0.1, 0.15) is 17.5 Å². The minimum Gasteiger partial charge on any atom is -0.206 e. The van der Waals surface area contributed by atoms with Gasteiger partial charge in [0.15, 0.2) is 0 Å². The maximum atomic E-state index is 14.8. The lowest BCUT2D eigenvalue weighted by Crippen LogP contribution is -2.15. The third-order valence-electron chi connectivity index (χ3n) is 6.65. The van der Waals surface area contributed by atoms with Crippen molar-refractivity contribution in [2.24, 2.45) is 5.92 Å². The molecule has 1 saturated carbocycles. The van der Waals surface area contributed by atoms with E-state index in [2.05, 4.69) is 31.2 Å². The zero-order chi connectivity index (χ0) is 22.0. The summed E-state index contributed by atoms with van der Waals surface area (Å²) in [4.78, 5) is 0. The molecule has 1 atom stereocenters. The molecule has 0 aromatic heterocycles. The first kappa shape index (κ1) is 22.0. The molecular weight excluding hydrogens is 417 g/mol. The monoisotopic (exact) mass is 442 g/mol. The van der Waals surface area contributed by atoms with Crippen molar-refractivity contribution in [2.75, 3.05) is 0 Å². The summed E-state index contributed by atoms with van der Waals surface area (Å²) in [5.74, 6) is -0.698. The topological polar surface area (TPSA) is 0 Å². The molecule has 1 aliphatic carbocycles. The van der Waals surface area contributed by atoms with Gasteiger partial charge in [0.2, 0.25) is 0 Å². The zero-order valence-corrected chi connectivity index (χ0v) is 18.3. The van der Waals surface area contributed by atoms with Gasteiger partial charge in [-0.2, -0.15) is 0 Å². The molecule has 0 saturated heterocycles. The molecule has 1 fully saturated rings. The van der Waals surface area contributed by atoms with E-state index in [1.165, 1.54) is 29.8 Å². The van der Waals surface area contributed by atoms with Crippen molar-refractivity contribution in [3.8, 4) is 11.1 Å². The van der Waals surface area contributed by atoms with Crippen molar-refractivity contribution in [1.29, 1.82) is 0 Å². The fourth-order valence-corrected chi connectivity index (χ4v) is 5.02. The molecule has 0 aliphatic heterocycles. The van der Waals surface area contributed by atoms with E-state index in [-0.39, 0.29) is 22.1 Å². The third-order valence-corrected chi connectivity index (χ3v) is 6.95. The largest absolute Gasteiger partial charge is 0.206 e. The smallest absolute Gasteiger partial charge is 0.142 e. The summed E-state index contributed by atoms with van der Waals surface area (Å²) in [6.07, 6.45) is 5.13. The lowest BCUT2D eigenvalue weighted by atomic mass is 9.75. The van der Waals surface area contributed by atoms with E-state index in [4.69, 9.17) is 11.6 Å². The van der Waals surface area contributed by atoms with E-state index in [1.54, 1.807) is 0 Å². The lowest BCUT2D eigenvalue weighted by molar-refractivity contribution is 0.296. The van der Waals surface area contributed by atoms with Crippen molar-refractivity contribution in [2.45, 2.75) is 50.9 Å².